The molecule has 98 valence electrons. The summed E-state index contributed by atoms with van der Waals surface area (Å²) < 4.78 is 0.996. The van der Waals surface area contributed by atoms with E-state index in [4.69, 9.17) is 0 Å². The Labute approximate surface area is 124 Å². The fourth-order valence-corrected chi connectivity index (χ4v) is 3.16. The summed E-state index contributed by atoms with van der Waals surface area (Å²) in [5.41, 5.74) is 1.90. The first kappa shape index (κ1) is 12.8. The second-order valence-corrected chi connectivity index (χ2v) is 6.95. The summed E-state index contributed by atoms with van der Waals surface area (Å²) >= 11 is 4.96. The Morgan fingerprint density at radius 1 is 1.42 bits per heavy atom. The first-order valence-corrected chi connectivity index (χ1v) is 7.85. The zero-order chi connectivity index (χ0) is 13.2. The van der Waals surface area contributed by atoms with Crippen LogP contribution in [0.25, 0.3) is 0 Å². The third kappa shape index (κ3) is 3.04. The van der Waals surface area contributed by atoms with E-state index in [9.17, 15) is 4.79 Å². The van der Waals surface area contributed by atoms with Crippen molar-refractivity contribution in [3.63, 3.8) is 0 Å². The largest absolute Gasteiger partial charge is 0.331 e. The van der Waals surface area contributed by atoms with Crippen molar-refractivity contribution in [1.29, 1.82) is 0 Å². The topological polar surface area (TPSA) is 33.2 Å². The molecule has 2 heterocycles. The van der Waals surface area contributed by atoms with E-state index in [1.54, 1.807) is 23.7 Å². The number of carbonyl (C=O) groups is 1. The molecule has 0 atom stereocenters. The fourth-order valence-electron chi connectivity index (χ4n) is 2.03. The Kier molecular flexibility index (Phi) is 3.66. The van der Waals surface area contributed by atoms with Crippen LogP contribution in [0.15, 0.2) is 39.8 Å². The molecular weight excluding hydrogens is 324 g/mol. The van der Waals surface area contributed by atoms with Crippen LogP contribution in [-0.2, 0) is 6.54 Å². The summed E-state index contributed by atoms with van der Waals surface area (Å²) in [6.45, 7) is 0.666. The molecule has 1 fully saturated rings. The lowest BCUT2D eigenvalue weighted by Crippen LogP contribution is -2.32. The van der Waals surface area contributed by atoms with Crippen molar-refractivity contribution in [2.75, 3.05) is 0 Å². The summed E-state index contributed by atoms with van der Waals surface area (Å²) in [5.74, 6) is 0.126. The summed E-state index contributed by atoms with van der Waals surface area (Å²) in [6.07, 6.45) is 5.77. The summed E-state index contributed by atoms with van der Waals surface area (Å²) in [7, 11) is 0. The highest BCUT2D eigenvalue weighted by atomic mass is 79.9. The Hall–Kier alpha value is -1.20. The lowest BCUT2D eigenvalue weighted by atomic mass is 10.2. The van der Waals surface area contributed by atoms with E-state index in [1.165, 1.54) is 0 Å². The summed E-state index contributed by atoms with van der Waals surface area (Å²) in [4.78, 5) is 18.5. The number of pyridine rings is 1. The predicted octanol–water partition coefficient (Wildman–Crippen LogP) is 3.71. The van der Waals surface area contributed by atoms with E-state index in [0.29, 0.717) is 12.6 Å². The standard InChI is InChI=1S/C14H13BrN2OS/c15-13-7-11(9-19-13)14(18)17(12-1-2-12)8-10-3-5-16-6-4-10/h3-7,9,12H,1-2,8H2. The highest BCUT2D eigenvalue weighted by Crippen LogP contribution is 2.31. The average molecular weight is 337 g/mol. The molecule has 19 heavy (non-hydrogen) atoms. The van der Waals surface area contributed by atoms with Gasteiger partial charge in [-0.1, -0.05) is 0 Å². The fraction of sp³-hybridized carbons (Fsp3) is 0.286. The molecule has 0 saturated heterocycles. The molecular formula is C14H13BrN2OS. The molecule has 1 aliphatic rings. The molecule has 1 saturated carbocycles. The molecule has 0 bridgehead atoms. The Morgan fingerprint density at radius 3 is 2.74 bits per heavy atom. The highest BCUT2D eigenvalue weighted by Gasteiger charge is 2.33. The molecule has 0 aliphatic heterocycles. The molecule has 1 amide bonds. The number of rotatable bonds is 4. The van der Waals surface area contributed by atoms with Gasteiger partial charge in [-0.2, -0.15) is 0 Å². The van der Waals surface area contributed by atoms with Crippen molar-refractivity contribution in [2.24, 2.45) is 0 Å². The van der Waals surface area contributed by atoms with Crippen molar-refractivity contribution in [3.05, 3.63) is 50.9 Å². The van der Waals surface area contributed by atoms with Crippen LogP contribution in [0.1, 0.15) is 28.8 Å². The van der Waals surface area contributed by atoms with Crippen molar-refractivity contribution in [2.45, 2.75) is 25.4 Å². The maximum atomic E-state index is 12.5. The van der Waals surface area contributed by atoms with Gasteiger partial charge in [-0.15, -0.1) is 11.3 Å². The predicted molar refractivity (Wildman–Crippen MR) is 79.2 cm³/mol. The number of aromatic nitrogens is 1. The molecule has 0 aromatic carbocycles. The first-order valence-electron chi connectivity index (χ1n) is 6.18. The van der Waals surface area contributed by atoms with Gasteiger partial charge in [0.15, 0.2) is 0 Å². The minimum absolute atomic E-state index is 0.126. The van der Waals surface area contributed by atoms with Crippen LogP contribution >= 0.6 is 27.3 Å². The van der Waals surface area contributed by atoms with Gasteiger partial charge in [0.05, 0.1) is 9.35 Å². The van der Waals surface area contributed by atoms with Crippen molar-refractivity contribution >= 4 is 33.2 Å². The average Bonchev–Trinajstić information content (AvgIpc) is 3.18. The van der Waals surface area contributed by atoms with Gasteiger partial charge in [0, 0.05) is 30.4 Å². The summed E-state index contributed by atoms with van der Waals surface area (Å²) in [6, 6.07) is 6.23. The van der Waals surface area contributed by atoms with E-state index in [-0.39, 0.29) is 5.91 Å². The molecule has 3 nitrogen and oxygen atoms in total. The van der Waals surface area contributed by atoms with Gasteiger partial charge in [0.1, 0.15) is 0 Å². The third-order valence-electron chi connectivity index (χ3n) is 3.17. The molecule has 2 aromatic rings. The maximum absolute atomic E-state index is 12.5. The van der Waals surface area contributed by atoms with Gasteiger partial charge in [0.2, 0.25) is 0 Å². The van der Waals surface area contributed by atoms with Gasteiger partial charge in [0.25, 0.3) is 5.91 Å². The van der Waals surface area contributed by atoms with E-state index in [0.717, 1.165) is 27.8 Å². The Balaban J connectivity index is 1.79. The highest BCUT2D eigenvalue weighted by molar-refractivity contribution is 9.11. The quantitative estimate of drug-likeness (QED) is 0.852. The number of carbonyl (C=O) groups excluding carboxylic acids is 1. The summed E-state index contributed by atoms with van der Waals surface area (Å²) in [5, 5.41) is 1.91. The van der Waals surface area contributed by atoms with Crippen LogP contribution in [0.5, 0.6) is 0 Å². The van der Waals surface area contributed by atoms with Crippen molar-refractivity contribution in [3.8, 4) is 0 Å². The van der Waals surface area contributed by atoms with Gasteiger partial charge in [-0.3, -0.25) is 9.78 Å². The number of halogens is 1. The molecule has 5 heteroatoms. The smallest absolute Gasteiger partial charge is 0.255 e. The van der Waals surface area contributed by atoms with Crippen molar-refractivity contribution < 1.29 is 4.79 Å². The van der Waals surface area contributed by atoms with Crippen LogP contribution in [0, 0.1) is 0 Å². The Morgan fingerprint density at radius 2 is 2.16 bits per heavy atom. The first-order chi connectivity index (χ1) is 9.24. The van der Waals surface area contributed by atoms with E-state index < -0.39 is 0 Å². The molecule has 2 aromatic heterocycles. The number of hydrogen-bond donors (Lipinski definition) is 0. The second kappa shape index (κ2) is 5.43. The second-order valence-electron chi connectivity index (χ2n) is 4.66. The Bertz CT molecular complexity index is 580. The van der Waals surface area contributed by atoms with Crippen LogP contribution in [0.2, 0.25) is 0 Å². The maximum Gasteiger partial charge on any atom is 0.255 e. The van der Waals surface area contributed by atoms with Gasteiger partial charge < -0.3 is 4.90 Å². The minimum Gasteiger partial charge on any atom is -0.331 e. The van der Waals surface area contributed by atoms with Gasteiger partial charge in [-0.25, -0.2) is 0 Å². The van der Waals surface area contributed by atoms with Crippen LogP contribution < -0.4 is 0 Å². The van der Waals surface area contributed by atoms with Crippen LogP contribution in [0.4, 0.5) is 0 Å². The zero-order valence-electron chi connectivity index (χ0n) is 10.3. The number of nitrogens with zero attached hydrogens (tertiary/aromatic N) is 2. The molecule has 1 aliphatic carbocycles. The normalized spacial score (nSPS) is 14.4. The van der Waals surface area contributed by atoms with E-state index >= 15 is 0 Å². The lowest BCUT2D eigenvalue weighted by Gasteiger charge is -2.22. The van der Waals surface area contributed by atoms with E-state index in [1.807, 2.05) is 28.5 Å². The molecule has 0 radical (unpaired) electrons. The van der Waals surface area contributed by atoms with Crippen molar-refractivity contribution in [1.82, 2.24) is 9.88 Å². The zero-order valence-corrected chi connectivity index (χ0v) is 12.7. The van der Waals surface area contributed by atoms with Crippen LogP contribution in [0.3, 0.4) is 0 Å². The molecule has 0 N–H and O–H groups in total. The SMILES string of the molecule is O=C(c1csc(Br)c1)N(Cc1ccncc1)C1CC1. The monoisotopic (exact) mass is 336 g/mol. The lowest BCUT2D eigenvalue weighted by molar-refractivity contribution is 0.0730. The molecule has 0 unspecified atom stereocenters. The van der Waals surface area contributed by atoms with Gasteiger partial charge >= 0.3 is 0 Å². The molecule has 0 spiro atoms. The third-order valence-corrected chi connectivity index (χ3v) is 4.67. The van der Waals surface area contributed by atoms with Gasteiger partial charge in [-0.05, 0) is 52.5 Å². The number of amides is 1. The number of hydrogen-bond acceptors (Lipinski definition) is 3. The number of thiophene rings is 1. The van der Waals surface area contributed by atoms with E-state index in [2.05, 4.69) is 20.9 Å². The minimum atomic E-state index is 0.126. The molecule has 3 rings (SSSR count). The van der Waals surface area contributed by atoms with Crippen LogP contribution in [-0.4, -0.2) is 21.8 Å².